The fourth-order valence-electron chi connectivity index (χ4n) is 3.46. The number of nitrogens with zero attached hydrogens (tertiary/aromatic N) is 2. The maximum atomic E-state index is 13.6. The van der Waals surface area contributed by atoms with Gasteiger partial charge in [0.25, 0.3) is 0 Å². The normalized spacial score (nSPS) is 12.1. The van der Waals surface area contributed by atoms with Gasteiger partial charge in [0.1, 0.15) is 18.4 Å². The van der Waals surface area contributed by atoms with E-state index in [4.69, 9.17) is 11.6 Å². The van der Waals surface area contributed by atoms with Gasteiger partial charge in [0.15, 0.2) is 0 Å². The Kier molecular flexibility index (Phi) is 10.3. The number of halogens is 2. The van der Waals surface area contributed by atoms with E-state index in [2.05, 4.69) is 5.32 Å². The van der Waals surface area contributed by atoms with Crippen molar-refractivity contribution in [2.75, 3.05) is 23.7 Å². The van der Waals surface area contributed by atoms with Crippen LogP contribution in [0, 0.1) is 5.82 Å². The van der Waals surface area contributed by atoms with Gasteiger partial charge in [-0.05, 0) is 36.6 Å². The predicted octanol–water partition coefficient (Wildman–Crippen LogP) is 3.97. The number of benzene rings is 2. The molecule has 7 nitrogen and oxygen atoms in total. The number of hydrogen-bond donors (Lipinski definition) is 1. The number of carbonyl (C=O) groups excluding carboxylic acids is 2. The van der Waals surface area contributed by atoms with Gasteiger partial charge in [0.2, 0.25) is 21.8 Å². The Hall–Kier alpha value is -2.65. The third-order valence-electron chi connectivity index (χ3n) is 5.28. The first-order valence-electron chi connectivity index (χ1n) is 11.1. The first kappa shape index (κ1) is 27.6. The van der Waals surface area contributed by atoms with Crippen LogP contribution in [0.5, 0.6) is 0 Å². The van der Waals surface area contributed by atoms with E-state index in [0.717, 1.165) is 41.1 Å². The number of carbonyl (C=O) groups is 2. The molecule has 2 amide bonds. The van der Waals surface area contributed by atoms with Gasteiger partial charge < -0.3 is 10.2 Å². The van der Waals surface area contributed by atoms with E-state index in [1.165, 1.54) is 11.0 Å². The lowest BCUT2D eigenvalue weighted by atomic mass is 10.1. The van der Waals surface area contributed by atoms with Crippen LogP contribution in [0.15, 0.2) is 48.5 Å². The number of anilines is 1. The first-order chi connectivity index (χ1) is 16.1. The Morgan fingerprint density at radius 2 is 1.79 bits per heavy atom. The average Bonchev–Trinajstić information content (AvgIpc) is 2.79. The fraction of sp³-hybridized carbons (Fsp3) is 0.417. The van der Waals surface area contributed by atoms with Crippen LogP contribution in [-0.4, -0.2) is 50.5 Å². The molecule has 0 aliphatic rings. The average molecular weight is 512 g/mol. The van der Waals surface area contributed by atoms with E-state index in [1.54, 1.807) is 6.92 Å². The molecule has 0 aromatic heterocycles. The van der Waals surface area contributed by atoms with Crippen molar-refractivity contribution in [3.05, 3.63) is 64.9 Å². The first-order valence-corrected chi connectivity index (χ1v) is 13.3. The number of unbranched alkanes of at least 4 members (excludes halogenated alkanes) is 1. The molecule has 0 fully saturated rings. The molecule has 0 spiro atoms. The Morgan fingerprint density at radius 3 is 2.35 bits per heavy atom. The molecule has 10 heteroatoms. The third kappa shape index (κ3) is 7.70. The minimum absolute atomic E-state index is 0.0577. The summed E-state index contributed by atoms with van der Waals surface area (Å²) in [6.45, 7) is 3.86. The van der Waals surface area contributed by atoms with Crippen molar-refractivity contribution in [3.63, 3.8) is 0 Å². The van der Waals surface area contributed by atoms with E-state index >= 15 is 0 Å². The Labute approximate surface area is 205 Å². The molecular weight excluding hydrogens is 481 g/mol. The molecular formula is C24H31ClFN3O4S. The van der Waals surface area contributed by atoms with Crippen molar-refractivity contribution in [2.24, 2.45) is 0 Å². The van der Waals surface area contributed by atoms with Crippen LogP contribution < -0.4 is 9.62 Å². The van der Waals surface area contributed by atoms with Gasteiger partial charge in [0, 0.05) is 13.1 Å². The van der Waals surface area contributed by atoms with Gasteiger partial charge in [-0.15, -0.1) is 0 Å². The van der Waals surface area contributed by atoms with E-state index in [-0.39, 0.29) is 23.2 Å². The minimum Gasteiger partial charge on any atom is -0.354 e. The third-order valence-corrected chi connectivity index (χ3v) is 6.71. The summed E-state index contributed by atoms with van der Waals surface area (Å²) in [4.78, 5) is 27.8. The smallest absolute Gasteiger partial charge is 0.244 e. The fourth-order valence-corrected chi connectivity index (χ4v) is 4.48. The summed E-state index contributed by atoms with van der Waals surface area (Å²) in [6.07, 6.45) is 3.01. The molecule has 0 unspecified atom stereocenters. The van der Waals surface area contributed by atoms with Crippen LogP contribution >= 0.6 is 11.6 Å². The molecule has 2 aromatic carbocycles. The van der Waals surface area contributed by atoms with Gasteiger partial charge in [-0.1, -0.05) is 62.2 Å². The van der Waals surface area contributed by atoms with Crippen molar-refractivity contribution >= 4 is 39.1 Å². The van der Waals surface area contributed by atoms with Crippen molar-refractivity contribution < 1.29 is 22.4 Å². The molecule has 0 aliphatic carbocycles. The van der Waals surface area contributed by atoms with Crippen LogP contribution in [0.25, 0.3) is 0 Å². The van der Waals surface area contributed by atoms with Gasteiger partial charge in [0.05, 0.1) is 17.0 Å². The molecule has 0 radical (unpaired) electrons. The molecule has 0 saturated heterocycles. The lowest BCUT2D eigenvalue weighted by Crippen LogP contribution is -2.52. The zero-order valence-corrected chi connectivity index (χ0v) is 21.2. The largest absolute Gasteiger partial charge is 0.354 e. The molecule has 0 aliphatic heterocycles. The zero-order valence-electron chi connectivity index (χ0n) is 19.6. The van der Waals surface area contributed by atoms with Crippen molar-refractivity contribution in [3.8, 4) is 0 Å². The van der Waals surface area contributed by atoms with Crippen LogP contribution in [0.4, 0.5) is 10.1 Å². The van der Waals surface area contributed by atoms with E-state index in [1.807, 2.05) is 37.3 Å². The number of amides is 2. The summed E-state index contributed by atoms with van der Waals surface area (Å²) >= 11 is 5.84. The molecule has 2 rings (SSSR count). The second-order valence-electron chi connectivity index (χ2n) is 7.94. The Morgan fingerprint density at radius 1 is 1.12 bits per heavy atom. The predicted molar refractivity (Wildman–Crippen MR) is 133 cm³/mol. The number of nitrogens with one attached hydrogen (secondary N) is 1. The summed E-state index contributed by atoms with van der Waals surface area (Å²) in [5, 5.41) is 2.60. The second-order valence-corrected chi connectivity index (χ2v) is 10.3. The second kappa shape index (κ2) is 12.7. The highest BCUT2D eigenvalue weighted by molar-refractivity contribution is 7.92. The van der Waals surface area contributed by atoms with Crippen molar-refractivity contribution in [1.82, 2.24) is 10.2 Å². The maximum Gasteiger partial charge on any atom is 0.244 e. The highest BCUT2D eigenvalue weighted by Gasteiger charge is 2.31. The highest BCUT2D eigenvalue weighted by atomic mass is 35.5. The lowest BCUT2D eigenvalue weighted by Gasteiger charge is -2.33. The van der Waals surface area contributed by atoms with E-state index in [0.29, 0.717) is 13.0 Å². The topological polar surface area (TPSA) is 86.8 Å². The number of hydrogen-bond acceptors (Lipinski definition) is 4. The summed E-state index contributed by atoms with van der Waals surface area (Å²) in [7, 11) is -3.92. The molecule has 1 N–H and O–H groups in total. The molecule has 186 valence electrons. The SMILES string of the molecule is CCCCNC(=O)[C@H](CC)N(Cc1ccccc1)C(=O)CN(c1ccc(F)c(Cl)c1)S(C)(=O)=O. The summed E-state index contributed by atoms with van der Waals surface area (Å²) in [5.74, 6) is -1.56. The monoisotopic (exact) mass is 511 g/mol. The molecule has 1 atom stereocenters. The molecule has 2 aromatic rings. The minimum atomic E-state index is -3.92. The number of sulfonamides is 1. The van der Waals surface area contributed by atoms with Gasteiger partial charge in [-0.25, -0.2) is 12.8 Å². The Bertz CT molecular complexity index is 1080. The standard InChI is InChI=1S/C24H31ClFN3O4S/c1-4-6-14-27-24(31)22(5-2)28(16-18-10-8-7-9-11-18)23(30)17-29(34(3,32)33)19-12-13-21(26)20(25)15-19/h7-13,15,22H,4-6,14,16-17H2,1-3H3,(H,27,31)/t22-/m0/s1. The van der Waals surface area contributed by atoms with Crippen LogP contribution in [0.2, 0.25) is 5.02 Å². The van der Waals surface area contributed by atoms with Gasteiger partial charge in [-0.2, -0.15) is 0 Å². The molecule has 34 heavy (non-hydrogen) atoms. The summed E-state index contributed by atoms with van der Waals surface area (Å²) in [5.41, 5.74) is 0.855. The van der Waals surface area contributed by atoms with Crippen LogP contribution in [-0.2, 0) is 26.2 Å². The van der Waals surface area contributed by atoms with Gasteiger partial charge >= 0.3 is 0 Å². The quantitative estimate of drug-likeness (QED) is 0.437. The number of rotatable bonds is 12. The summed E-state index contributed by atoms with van der Waals surface area (Å²) < 4.78 is 39.6. The molecule has 0 heterocycles. The van der Waals surface area contributed by atoms with Crippen molar-refractivity contribution in [2.45, 2.75) is 45.7 Å². The van der Waals surface area contributed by atoms with Crippen molar-refractivity contribution in [1.29, 1.82) is 0 Å². The van der Waals surface area contributed by atoms with Gasteiger partial charge in [-0.3, -0.25) is 13.9 Å². The zero-order chi connectivity index (χ0) is 25.3. The summed E-state index contributed by atoms with van der Waals surface area (Å²) in [6, 6.07) is 11.8. The molecule has 0 bridgehead atoms. The molecule has 0 saturated carbocycles. The lowest BCUT2D eigenvalue weighted by molar-refractivity contribution is -0.140. The maximum absolute atomic E-state index is 13.6. The highest BCUT2D eigenvalue weighted by Crippen LogP contribution is 2.25. The van der Waals surface area contributed by atoms with E-state index in [9.17, 15) is 22.4 Å². The van der Waals surface area contributed by atoms with Crippen LogP contribution in [0.3, 0.4) is 0 Å². The van der Waals surface area contributed by atoms with Crippen LogP contribution in [0.1, 0.15) is 38.7 Å². The van der Waals surface area contributed by atoms with E-state index < -0.39 is 34.3 Å². The Balaban J connectivity index is 2.39.